The summed E-state index contributed by atoms with van der Waals surface area (Å²) >= 11 is 1.71. The minimum absolute atomic E-state index is 0.110. The Morgan fingerprint density at radius 3 is 2.76 bits per heavy atom. The van der Waals surface area contributed by atoms with Crippen molar-refractivity contribution in [3.8, 4) is 5.75 Å². The van der Waals surface area contributed by atoms with E-state index in [1.807, 2.05) is 48.7 Å². The third-order valence-electron chi connectivity index (χ3n) is 2.86. The van der Waals surface area contributed by atoms with Gasteiger partial charge in [-0.2, -0.15) is 0 Å². The van der Waals surface area contributed by atoms with Crippen molar-refractivity contribution in [2.75, 3.05) is 13.2 Å². The summed E-state index contributed by atoms with van der Waals surface area (Å²) < 4.78 is 5.51. The molecule has 112 valence electrons. The molecule has 0 spiro atoms. The molecule has 5 heteroatoms. The van der Waals surface area contributed by atoms with E-state index >= 15 is 0 Å². The molecule has 4 nitrogen and oxygen atoms in total. The van der Waals surface area contributed by atoms with E-state index in [4.69, 9.17) is 4.74 Å². The average Bonchev–Trinajstić information content (AvgIpc) is 2.97. The van der Waals surface area contributed by atoms with Gasteiger partial charge in [-0.3, -0.25) is 0 Å². The number of para-hydroxylation sites is 1. The molecule has 0 aliphatic rings. The Hall–Kier alpha value is -2.01. The summed E-state index contributed by atoms with van der Waals surface area (Å²) in [6.07, 6.45) is 0.853. The third kappa shape index (κ3) is 5.87. The van der Waals surface area contributed by atoms with Gasteiger partial charge < -0.3 is 15.4 Å². The van der Waals surface area contributed by atoms with Crippen LogP contribution in [-0.4, -0.2) is 25.2 Å². The van der Waals surface area contributed by atoms with E-state index in [1.165, 1.54) is 4.88 Å². The zero-order chi connectivity index (χ0) is 14.9. The number of hydrogen-bond acceptors (Lipinski definition) is 3. The van der Waals surface area contributed by atoms with Crippen LogP contribution in [0.1, 0.15) is 11.8 Å². The minimum Gasteiger partial charge on any atom is -0.492 e. The van der Waals surface area contributed by atoms with Crippen LogP contribution in [0, 0.1) is 0 Å². The summed E-state index contributed by atoms with van der Waals surface area (Å²) in [4.78, 5) is 13.0. The molecule has 2 N–H and O–H groups in total. The minimum atomic E-state index is -0.157. The zero-order valence-electron chi connectivity index (χ0n) is 12.0. The highest BCUT2D eigenvalue weighted by Crippen LogP contribution is 2.10. The summed E-state index contributed by atoms with van der Waals surface area (Å²) in [7, 11) is 0. The number of ether oxygens (including phenoxy) is 1. The lowest BCUT2D eigenvalue weighted by atomic mass is 10.2. The topological polar surface area (TPSA) is 50.4 Å². The van der Waals surface area contributed by atoms with Gasteiger partial charge in [-0.1, -0.05) is 24.3 Å². The first-order valence-corrected chi connectivity index (χ1v) is 7.86. The Labute approximate surface area is 129 Å². The fourth-order valence-corrected chi connectivity index (χ4v) is 2.74. The Morgan fingerprint density at radius 2 is 2.05 bits per heavy atom. The van der Waals surface area contributed by atoms with Crippen LogP contribution in [0.15, 0.2) is 47.8 Å². The molecule has 0 radical (unpaired) electrons. The number of carbonyl (C=O) groups excluding carboxylic acids is 1. The van der Waals surface area contributed by atoms with Gasteiger partial charge in [0.2, 0.25) is 0 Å². The van der Waals surface area contributed by atoms with Gasteiger partial charge in [0.15, 0.2) is 0 Å². The SMILES string of the molecule is CC(Cc1cccs1)NC(=O)NCCOc1ccccc1. The fraction of sp³-hybridized carbons (Fsp3) is 0.312. The lowest BCUT2D eigenvalue weighted by Crippen LogP contribution is -2.42. The highest BCUT2D eigenvalue weighted by molar-refractivity contribution is 7.09. The molecule has 2 aromatic rings. The van der Waals surface area contributed by atoms with Crippen LogP contribution in [0.25, 0.3) is 0 Å². The summed E-state index contributed by atoms with van der Waals surface area (Å²) in [6.45, 7) is 2.93. The van der Waals surface area contributed by atoms with Crippen molar-refractivity contribution < 1.29 is 9.53 Å². The molecule has 0 saturated heterocycles. The molecule has 1 aromatic heterocycles. The highest BCUT2D eigenvalue weighted by atomic mass is 32.1. The van der Waals surface area contributed by atoms with Gasteiger partial charge >= 0.3 is 6.03 Å². The van der Waals surface area contributed by atoms with Crippen molar-refractivity contribution in [1.82, 2.24) is 10.6 Å². The molecule has 1 heterocycles. The van der Waals surface area contributed by atoms with E-state index in [9.17, 15) is 4.79 Å². The van der Waals surface area contributed by atoms with Crippen molar-refractivity contribution in [1.29, 1.82) is 0 Å². The first-order valence-electron chi connectivity index (χ1n) is 6.98. The van der Waals surface area contributed by atoms with Crippen molar-refractivity contribution >= 4 is 17.4 Å². The molecule has 0 aliphatic heterocycles. The first kappa shape index (κ1) is 15.4. The molecule has 0 saturated carbocycles. The number of urea groups is 1. The number of hydrogen-bond donors (Lipinski definition) is 2. The van der Waals surface area contributed by atoms with Gasteiger partial charge in [0.05, 0.1) is 6.54 Å². The number of nitrogens with one attached hydrogen (secondary N) is 2. The van der Waals surface area contributed by atoms with Crippen molar-refractivity contribution in [2.45, 2.75) is 19.4 Å². The predicted molar refractivity (Wildman–Crippen MR) is 86.0 cm³/mol. The van der Waals surface area contributed by atoms with E-state index in [0.717, 1.165) is 12.2 Å². The lowest BCUT2D eigenvalue weighted by molar-refractivity contribution is 0.233. The van der Waals surface area contributed by atoms with E-state index in [0.29, 0.717) is 13.2 Å². The number of carbonyl (C=O) groups is 1. The second-order valence-electron chi connectivity index (χ2n) is 4.75. The van der Waals surface area contributed by atoms with Gasteiger partial charge in [0, 0.05) is 17.3 Å². The molecule has 2 amide bonds. The molecule has 0 aliphatic carbocycles. The third-order valence-corrected chi connectivity index (χ3v) is 3.76. The van der Waals surface area contributed by atoms with Crippen molar-refractivity contribution in [3.63, 3.8) is 0 Å². The van der Waals surface area contributed by atoms with Crippen LogP contribution in [0.5, 0.6) is 5.75 Å². The second-order valence-corrected chi connectivity index (χ2v) is 5.78. The van der Waals surface area contributed by atoms with Crippen LogP contribution in [-0.2, 0) is 6.42 Å². The average molecular weight is 304 g/mol. The molecule has 0 bridgehead atoms. The number of benzene rings is 1. The summed E-state index contributed by atoms with van der Waals surface area (Å²) in [5, 5.41) is 7.75. The number of amides is 2. The molecule has 1 atom stereocenters. The Bertz CT molecular complexity index is 528. The second kappa shape index (κ2) is 8.32. The first-order chi connectivity index (χ1) is 10.2. The normalized spacial score (nSPS) is 11.7. The van der Waals surface area contributed by atoms with Crippen LogP contribution in [0.2, 0.25) is 0 Å². The van der Waals surface area contributed by atoms with Gasteiger partial charge in [-0.05, 0) is 30.5 Å². The molecule has 21 heavy (non-hydrogen) atoms. The summed E-state index contributed by atoms with van der Waals surface area (Å²) in [5.41, 5.74) is 0. The van der Waals surface area contributed by atoms with Crippen LogP contribution < -0.4 is 15.4 Å². The van der Waals surface area contributed by atoms with E-state index in [1.54, 1.807) is 11.3 Å². The maximum Gasteiger partial charge on any atom is 0.315 e. The molecular weight excluding hydrogens is 284 g/mol. The lowest BCUT2D eigenvalue weighted by Gasteiger charge is -2.14. The van der Waals surface area contributed by atoms with Crippen LogP contribution in [0.4, 0.5) is 4.79 Å². The maximum atomic E-state index is 11.7. The van der Waals surface area contributed by atoms with Gasteiger partial charge in [-0.15, -0.1) is 11.3 Å². The highest BCUT2D eigenvalue weighted by Gasteiger charge is 2.07. The van der Waals surface area contributed by atoms with E-state index < -0.39 is 0 Å². The largest absolute Gasteiger partial charge is 0.492 e. The van der Waals surface area contributed by atoms with Crippen molar-refractivity contribution in [3.05, 3.63) is 52.7 Å². The maximum absolute atomic E-state index is 11.7. The molecular formula is C16H20N2O2S. The van der Waals surface area contributed by atoms with Gasteiger partial charge in [0.25, 0.3) is 0 Å². The molecule has 2 rings (SSSR count). The molecule has 1 aromatic carbocycles. The predicted octanol–water partition coefficient (Wildman–Crippen LogP) is 3.06. The van der Waals surface area contributed by atoms with Crippen LogP contribution >= 0.6 is 11.3 Å². The molecule has 1 unspecified atom stereocenters. The van der Waals surface area contributed by atoms with Crippen LogP contribution in [0.3, 0.4) is 0 Å². The van der Waals surface area contributed by atoms with Gasteiger partial charge in [0.1, 0.15) is 12.4 Å². The number of thiophene rings is 1. The van der Waals surface area contributed by atoms with Gasteiger partial charge in [-0.25, -0.2) is 4.79 Å². The van der Waals surface area contributed by atoms with E-state index in [2.05, 4.69) is 16.7 Å². The number of rotatable bonds is 7. The summed E-state index contributed by atoms with van der Waals surface area (Å²) in [5.74, 6) is 0.811. The smallest absolute Gasteiger partial charge is 0.315 e. The van der Waals surface area contributed by atoms with Crippen molar-refractivity contribution in [2.24, 2.45) is 0 Å². The Morgan fingerprint density at radius 1 is 1.24 bits per heavy atom. The quantitative estimate of drug-likeness (QED) is 0.772. The Kier molecular flexibility index (Phi) is 6.09. The fourth-order valence-electron chi connectivity index (χ4n) is 1.91. The molecule has 0 fully saturated rings. The zero-order valence-corrected chi connectivity index (χ0v) is 12.9. The Balaban J connectivity index is 1.59. The monoisotopic (exact) mass is 304 g/mol. The van der Waals surface area contributed by atoms with E-state index in [-0.39, 0.29) is 12.1 Å². The standard InChI is InChI=1S/C16H20N2O2S/c1-13(12-15-8-5-11-21-15)18-16(19)17-9-10-20-14-6-3-2-4-7-14/h2-8,11,13H,9-10,12H2,1H3,(H2,17,18,19). The summed E-state index contributed by atoms with van der Waals surface area (Å²) in [6, 6.07) is 13.6.